The number of para-hydroxylation sites is 2. The van der Waals surface area contributed by atoms with Crippen LogP contribution in [0.2, 0.25) is 0 Å². The molecule has 2 amide bonds. The zero-order chi connectivity index (χ0) is 17.5. The zero-order valence-corrected chi connectivity index (χ0v) is 14.1. The average Bonchev–Trinajstić information content (AvgIpc) is 3.14. The largest absolute Gasteiger partial charge is 0.322 e. The Morgan fingerprint density at radius 2 is 1.24 bits per heavy atom. The minimum atomic E-state index is -0.451. The molecule has 124 valence electrons. The van der Waals surface area contributed by atoms with E-state index >= 15 is 0 Å². The third-order valence-corrected chi connectivity index (χ3v) is 4.20. The van der Waals surface area contributed by atoms with Gasteiger partial charge in [0, 0.05) is 16.3 Å². The third-order valence-electron chi connectivity index (χ3n) is 3.38. The molecule has 2 aromatic carbocycles. The molecule has 0 spiro atoms. The van der Waals surface area contributed by atoms with Gasteiger partial charge < -0.3 is 10.6 Å². The quantitative estimate of drug-likeness (QED) is 0.408. The van der Waals surface area contributed by atoms with Crippen LogP contribution in [0.3, 0.4) is 0 Å². The van der Waals surface area contributed by atoms with Crippen LogP contribution in [0.25, 0.3) is 6.08 Å². The van der Waals surface area contributed by atoms with Crippen molar-refractivity contribution in [3.63, 3.8) is 0 Å². The van der Waals surface area contributed by atoms with Crippen molar-refractivity contribution in [2.75, 3.05) is 10.6 Å². The number of benzene rings is 2. The molecule has 1 heterocycles. The van der Waals surface area contributed by atoms with Crippen LogP contribution in [0.15, 0.2) is 83.7 Å². The summed E-state index contributed by atoms with van der Waals surface area (Å²) in [7, 11) is 0. The molecule has 0 unspecified atom stereocenters. The smallest absolute Gasteiger partial charge is 0.261 e. The molecule has 1 aromatic heterocycles. The first kappa shape index (κ1) is 16.7. The van der Waals surface area contributed by atoms with E-state index in [0.29, 0.717) is 11.4 Å². The highest BCUT2D eigenvalue weighted by atomic mass is 32.1. The SMILES string of the molecule is O=C(Nc1ccccc1)C(=Cc1cccs1)C(=O)Nc1ccccc1. The molecule has 0 radical (unpaired) electrons. The lowest BCUT2D eigenvalue weighted by atomic mass is 10.1. The van der Waals surface area contributed by atoms with Crippen molar-refractivity contribution in [3.05, 3.63) is 88.6 Å². The summed E-state index contributed by atoms with van der Waals surface area (Å²) >= 11 is 1.46. The second-order valence-electron chi connectivity index (χ2n) is 5.21. The fraction of sp³-hybridized carbons (Fsp3) is 0. The van der Waals surface area contributed by atoms with Crippen LogP contribution in [0.5, 0.6) is 0 Å². The molecule has 0 aliphatic heterocycles. The van der Waals surface area contributed by atoms with E-state index in [2.05, 4.69) is 10.6 Å². The van der Waals surface area contributed by atoms with Gasteiger partial charge in [0.25, 0.3) is 11.8 Å². The predicted molar refractivity (Wildman–Crippen MR) is 102 cm³/mol. The van der Waals surface area contributed by atoms with E-state index < -0.39 is 11.8 Å². The molecule has 0 aliphatic carbocycles. The van der Waals surface area contributed by atoms with Crippen molar-refractivity contribution in [2.24, 2.45) is 0 Å². The maximum atomic E-state index is 12.6. The summed E-state index contributed by atoms with van der Waals surface area (Å²) in [5.74, 6) is -0.902. The van der Waals surface area contributed by atoms with Gasteiger partial charge in [0.2, 0.25) is 0 Å². The highest BCUT2D eigenvalue weighted by Gasteiger charge is 2.19. The normalized spacial score (nSPS) is 9.92. The lowest BCUT2D eigenvalue weighted by Gasteiger charge is -2.10. The Kier molecular flexibility index (Phi) is 5.39. The second kappa shape index (κ2) is 8.08. The van der Waals surface area contributed by atoms with E-state index in [-0.39, 0.29) is 5.57 Å². The van der Waals surface area contributed by atoms with Crippen LogP contribution in [0, 0.1) is 0 Å². The number of hydrogen-bond donors (Lipinski definition) is 2. The lowest BCUT2D eigenvalue weighted by molar-refractivity contribution is -0.118. The van der Waals surface area contributed by atoms with Crippen LogP contribution in [0.4, 0.5) is 11.4 Å². The maximum Gasteiger partial charge on any atom is 0.261 e. The molecule has 3 rings (SSSR count). The van der Waals surface area contributed by atoms with E-state index in [4.69, 9.17) is 0 Å². The summed E-state index contributed by atoms with van der Waals surface area (Å²) in [6.45, 7) is 0. The number of thiophene rings is 1. The van der Waals surface area contributed by atoms with Crippen LogP contribution < -0.4 is 10.6 Å². The van der Waals surface area contributed by atoms with Gasteiger partial charge in [-0.2, -0.15) is 0 Å². The van der Waals surface area contributed by atoms with Crippen LogP contribution in [-0.2, 0) is 9.59 Å². The molecule has 0 bridgehead atoms. The van der Waals surface area contributed by atoms with Gasteiger partial charge in [-0.25, -0.2) is 0 Å². The number of hydrogen-bond acceptors (Lipinski definition) is 3. The van der Waals surface area contributed by atoms with Gasteiger partial charge in [-0.1, -0.05) is 42.5 Å². The number of rotatable bonds is 5. The number of amides is 2. The van der Waals surface area contributed by atoms with Gasteiger partial charge in [0.1, 0.15) is 5.57 Å². The highest BCUT2D eigenvalue weighted by molar-refractivity contribution is 7.10. The fourth-order valence-corrected chi connectivity index (χ4v) is 2.85. The maximum absolute atomic E-state index is 12.6. The summed E-state index contributed by atoms with van der Waals surface area (Å²) in [6.07, 6.45) is 1.60. The van der Waals surface area contributed by atoms with Crippen molar-refractivity contribution in [1.82, 2.24) is 0 Å². The molecule has 0 fully saturated rings. The van der Waals surface area contributed by atoms with Gasteiger partial charge in [-0.3, -0.25) is 9.59 Å². The molecule has 25 heavy (non-hydrogen) atoms. The predicted octanol–water partition coefficient (Wildman–Crippen LogP) is 4.41. The molecule has 0 saturated heterocycles. The first-order valence-electron chi connectivity index (χ1n) is 7.70. The lowest BCUT2D eigenvalue weighted by Crippen LogP contribution is -2.25. The van der Waals surface area contributed by atoms with Gasteiger partial charge in [-0.05, 0) is 41.8 Å². The number of carbonyl (C=O) groups is 2. The Morgan fingerprint density at radius 1 is 0.720 bits per heavy atom. The Balaban J connectivity index is 1.84. The van der Waals surface area contributed by atoms with Gasteiger partial charge >= 0.3 is 0 Å². The molecule has 0 atom stereocenters. The summed E-state index contributed by atoms with van der Waals surface area (Å²) in [6, 6.07) is 21.8. The molecule has 5 heteroatoms. The van der Waals surface area contributed by atoms with Gasteiger partial charge in [0.15, 0.2) is 0 Å². The first-order valence-corrected chi connectivity index (χ1v) is 8.58. The van der Waals surface area contributed by atoms with Crippen molar-refractivity contribution < 1.29 is 9.59 Å². The Labute approximate surface area is 149 Å². The summed E-state index contributed by atoms with van der Waals surface area (Å²) in [5, 5.41) is 7.41. The minimum Gasteiger partial charge on any atom is -0.322 e. The summed E-state index contributed by atoms with van der Waals surface area (Å²) < 4.78 is 0. The molecule has 3 aromatic rings. The molecule has 4 nitrogen and oxygen atoms in total. The third kappa shape index (κ3) is 4.65. The number of anilines is 2. The highest BCUT2D eigenvalue weighted by Crippen LogP contribution is 2.17. The van der Waals surface area contributed by atoms with Gasteiger partial charge in [-0.15, -0.1) is 11.3 Å². The molecule has 0 saturated carbocycles. The van der Waals surface area contributed by atoms with E-state index in [1.54, 1.807) is 30.3 Å². The van der Waals surface area contributed by atoms with Crippen LogP contribution in [0.1, 0.15) is 4.88 Å². The molecule has 2 N–H and O–H groups in total. The zero-order valence-electron chi connectivity index (χ0n) is 13.3. The number of carbonyl (C=O) groups excluding carboxylic acids is 2. The van der Waals surface area contributed by atoms with Gasteiger partial charge in [0.05, 0.1) is 0 Å². The van der Waals surface area contributed by atoms with Crippen molar-refractivity contribution in [2.45, 2.75) is 0 Å². The monoisotopic (exact) mass is 348 g/mol. The fourth-order valence-electron chi connectivity index (χ4n) is 2.19. The van der Waals surface area contributed by atoms with E-state index in [1.807, 2.05) is 53.9 Å². The summed E-state index contributed by atoms with van der Waals surface area (Å²) in [4.78, 5) is 26.1. The minimum absolute atomic E-state index is 0.0511. The molecule has 0 aliphatic rings. The number of nitrogens with one attached hydrogen (secondary N) is 2. The second-order valence-corrected chi connectivity index (χ2v) is 6.19. The molecular formula is C20H16N2O2S. The topological polar surface area (TPSA) is 58.2 Å². The van der Waals surface area contributed by atoms with Crippen LogP contribution >= 0.6 is 11.3 Å². The van der Waals surface area contributed by atoms with Crippen molar-refractivity contribution in [3.8, 4) is 0 Å². The first-order chi connectivity index (χ1) is 12.2. The Hall–Kier alpha value is -3.18. The average molecular weight is 348 g/mol. The van der Waals surface area contributed by atoms with E-state index in [0.717, 1.165) is 4.88 Å². The molecular weight excluding hydrogens is 332 g/mol. The Morgan fingerprint density at radius 3 is 1.68 bits per heavy atom. The van der Waals surface area contributed by atoms with E-state index in [9.17, 15) is 9.59 Å². The van der Waals surface area contributed by atoms with Crippen molar-refractivity contribution in [1.29, 1.82) is 0 Å². The van der Waals surface area contributed by atoms with Crippen molar-refractivity contribution >= 4 is 40.6 Å². The Bertz CT molecular complexity index is 817. The van der Waals surface area contributed by atoms with E-state index in [1.165, 1.54) is 11.3 Å². The summed E-state index contributed by atoms with van der Waals surface area (Å²) in [5.41, 5.74) is 1.32. The standard InChI is InChI=1S/C20H16N2O2S/c23-19(21-15-8-3-1-4-9-15)18(14-17-12-7-13-25-17)20(24)22-16-10-5-2-6-11-16/h1-14H,(H,21,23)(H,22,24). The van der Waals surface area contributed by atoms with Crippen LogP contribution in [-0.4, -0.2) is 11.8 Å².